The average Bonchev–Trinajstić information content (AvgIpc) is 2.40. The summed E-state index contributed by atoms with van der Waals surface area (Å²) in [6, 6.07) is 0. The van der Waals surface area contributed by atoms with Crippen LogP contribution in [0.25, 0.3) is 0 Å². The predicted octanol–water partition coefficient (Wildman–Crippen LogP) is 2.11. The SMILES string of the molecule is CC(C)Oc1ncnc(NCC2CSCCS2)c1N. The number of ether oxygens (including phenoxy) is 1. The number of aromatic nitrogens is 2. The third-order valence-electron chi connectivity index (χ3n) is 2.58. The number of hydrogen-bond acceptors (Lipinski definition) is 7. The summed E-state index contributed by atoms with van der Waals surface area (Å²) in [5, 5.41) is 3.92. The van der Waals surface area contributed by atoms with Gasteiger partial charge in [0, 0.05) is 29.1 Å². The van der Waals surface area contributed by atoms with Crippen molar-refractivity contribution in [2.75, 3.05) is 34.9 Å². The standard InChI is InChI=1S/C12H20N4OS2/c1-8(2)17-12-10(13)11(15-7-16-12)14-5-9-6-18-3-4-19-9/h7-9H,3-6,13H2,1-2H3,(H,14,15,16). The highest BCUT2D eigenvalue weighted by Crippen LogP contribution is 2.27. The Labute approximate surface area is 122 Å². The Kier molecular flexibility index (Phi) is 5.45. The highest BCUT2D eigenvalue weighted by Gasteiger charge is 2.16. The van der Waals surface area contributed by atoms with Crippen LogP contribution < -0.4 is 15.8 Å². The molecule has 5 nitrogen and oxygen atoms in total. The van der Waals surface area contributed by atoms with E-state index in [0.29, 0.717) is 22.6 Å². The summed E-state index contributed by atoms with van der Waals surface area (Å²) in [5.41, 5.74) is 6.51. The maximum Gasteiger partial charge on any atom is 0.242 e. The van der Waals surface area contributed by atoms with Gasteiger partial charge in [0.1, 0.15) is 12.0 Å². The van der Waals surface area contributed by atoms with Crippen molar-refractivity contribution in [1.82, 2.24) is 9.97 Å². The van der Waals surface area contributed by atoms with Gasteiger partial charge in [0.2, 0.25) is 5.88 Å². The van der Waals surface area contributed by atoms with Crippen molar-refractivity contribution in [2.24, 2.45) is 0 Å². The van der Waals surface area contributed by atoms with Crippen molar-refractivity contribution in [3.05, 3.63) is 6.33 Å². The van der Waals surface area contributed by atoms with E-state index < -0.39 is 0 Å². The molecule has 0 saturated carbocycles. The van der Waals surface area contributed by atoms with E-state index in [-0.39, 0.29) is 6.10 Å². The molecule has 1 aromatic rings. The van der Waals surface area contributed by atoms with Crippen LogP contribution in [-0.4, -0.2) is 45.1 Å². The van der Waals surface area contributed by atoms with Gasteiger partial charge in [-0.05, 0) is 13.8 Å². The second-order valence-corrected chi connectivity index (χ2v) is 7.11. The number of nitrogens with two attached hydrogens (primary N) is 1. The Balaban J connectivity index is 1.95. The Morgan fingerprint density at radius 1 is 1.47 bits per heavy atom. The van der Waals surface area contributed by atoms with E-state index >= 15 is 0 Å². The van der Waals surface area contributed by atoms with Gasteiger partial charge in [-0.15, -0.1) is 0 Å². The van der Waals surface area contributed by atoms with Crippen molar-refractivity contribution < 1.29 is 4.74 Å². The smallest absolute Gasteiger partial charge is 0.242 e. The molecule has 0 aromatic carbocycles. The average molecular weight is 300 g/mol. The van der Waals surface area contributed by atoms with Gasteiger partial charge in [-0.25, -0.2) is 4.98 Å². The third-order valence-corrected chi connectivity index (χ3v) is 5.42. The molecule has 0 bridgehead atoms. The maximum absolute atomic E-state index is 6.02. The van der Waals surface area contributed by atoms with Crippen molar-refractivity contribution in [3.8, 4) is 5.88 Å². The first-order valence-electron chi connectivity index (χ1n) is 6.37. The molecule has 1 aliphatic rings. The summed E-state index contributed by atoms with van der Waals surface area (Å²) in [7, 11) is 0. The first-order valence-corrected chi connectivity index (χ1v) is 8.57. The topological polar surface area (TPSA) is 73.1 Å². The van der Waals surface area contributed by atoms with Crippen LogP contribution in [0.2, 0.25) is 0 Å². The second-order valence-electron chi connectivity index (χ2n) is 4.56. The van der Waals surface area contributed by atoms with Crippen LogP contribution in [0.5, 0.6) is 5.88 Å². The molecule has 2 heterocycles. The lowest BCUT2D eigenvalue weighted by atomic mass is 10.4. The van der Waals surface area contributed by atoms with Crippen molar-refractivity contribution in [2.45, 2.75) is 25.2 Å². The first kappa shape index (κ1) is 14.6. The number of nitrogens with one attached hydrogen (secondary N) is 1. The molecule has 2 rings (SSSR count). The molecule has 0 amide bonds. The van der Waals surface area contributed by atoms with Gasteiger partial charge in [-0.2, -0.15) is 28.5 Å². The van der Waals surface area contributed by atoms with E-state index in [9.17, 15) is 0 Å². The normalized spacial score (nSPS) is 19.4. The van der Waals surface area contributed by atoms with Gasteiger partial charge in [-0.1, -0.05) is 0 Å². The molecule has 0 radical (unpaired) electrons. The molecule has 3 N–H and O–H groups in total. The Morgan fingerprint density at radius 3 is 3.00 bits per heavy atom. The van der Waals surface area contributed by atoms with Crippen LogP contribution >= 0.6 is 23.5 Å². The van der Waals surface area contributed by atoms with Crippen LogP contribution in [0.15, 0.2) is 6.33 Å². The molecule has 1 unspecified atom stereocenters. The van der Waals surface area contributed by atoms with Crippen molar-refractivity contribution >= 4 is 35.0 Å². The minimum absolute atomic E-state index is 0.0513. The van der Waals surface area contributed by atoms with Gasteiger partial charge in [0.05, 0.1) is 6.10 Å². The van der Waals surface area contributed by atoms with E-state index in [2.05, 4.69) is 15.3 Å². The largest absolute Gasteiger partial charge is 0.473 e. The number of nitrogens with zero attached hydrogens (tertiary/aromatic N) is 2. The number of nitrogen functional groups attached to an aromatic ring is 1. The molecule has 0 aliphatic carbocycles. The summed E-state index contributed by atoms with van der Waals surface area (Å²) >= 11 is 4.01. The van der Waals surface area contributed by atoms with Crippen LogP contribution in [0.3, 0.4) is 0 Å². The van der Waals surface area contributed by atoms with Gasteiger partial charge in [0.15, 0.2) is 5.82 Å². The summed E-state index contributed by atoms with van der Waals surface area (Å²) in [4.78, 5) is 8.25. The Hall–Kier alpha value is -0.820. The van der Waals surface area contributed by atoms with Crippen LogP contribution in [-0.2, 0) is 0 Å². The van der Waals surface area contributed by atoms with E-state index in [1.165, 1.54) is 23.6 Å². The zero-order chi connectivity index (χ0) is 13.7. The van der Waals surface area contributed by atoms with Gasteiger partial charge in [-0.3, -0.25) is 0 Å². The summed E-state index contributed by atoms with van der Waals surface area (Å²) < 4.78 is 5.55. The molecule has 0 spiro atoms. The first-order chi connectivity index (χ1) is 9.16. The zero-order valence-corrected chi connectivity index (χ0v) is 12.9. The summed E-state index contributed by atoms with van der Waals surface area (Å²) in [5.74, 6) is 4.78. The van der Waals surface area contributed by atoms with E-state index in [1.807, 2.05) is 37.4 Å². The fourth-order valence-electron chi connectivity index (χ4n) is 1.70. The minimum Gasteiger partial charge on any atom is -0.473 e. The lowest BCUT2D eigenvalue weighted by Crippen LogP contribution is -2.24. The Morgan fingerprint density at radius 2 is 2.32 bits per heavy atom. The number of rotatable bonds is 5. The molecule has 106 valence electrons. The Bertz CT molecular complexity index is 411. The highest BCUT2D eigenvalue weighted by molar-refractivity contribution is 8.06. The molecule has 1 aromatic heterocycles. The molecule has 1 saturated heterocycles. The van der Waals surface area contributed by atoms with Crippen molar-refractivity contribution in [3.63, 3.8) is 0 Å². The third kappa shape index (κ3) is 4.35. The summed E-state index contributed by atoms with van der Waals surface area (Å²) in [6.45, 7) is 4.77. The van der Waals surface area contributed by atoms with Crippen LogP contribution in [0.1, 0.15) is 13.8 Å². The molecule has 1 atom stereocenters. The second kappa shape index (κ2) is 7.09. The number of anilines is 2. The van der Waals surface area contributed by atoms with Crippen LogP contribution in [0, 0.1) is 0 Å². The van der Waals surface area contributed by atoms with Crippen LogP contribution in [0.4, 0.5) is 11.5 Å². The fraction of sp³-hybridized carbons (Fsp3) is 0.667. The van der Waals surface area contributed by atoms with E-state index in [4.69, 9.17) is 10.5 Å². The molecular formula is C12H20N4OS2. The number of hydrogen-bond donors (Lipinski definition) is 2. The quantitative estimate of drug-likeness (QED) is 0.862. The minimum atomic E-state index is 0.0513. The molecule has 7 heteroatoms. The van der Waals surface area contributed by atoms with Gasteiger partial charge >= 0.3 is 0 Å². The van der Waals surface area contributed by atoms with Gasteiger partial charge in [0.25, 0.3) is 0 Å². The van der Waals surface area contributed by atoms with Crippen molar-refractivity contribution in [1.29, 1.82) is 0 Å². The molecular weight excluding hydrogens is 280 g/mol. The van der Waals surface area contributed by atoms with Gasteiger partial charge < -0.3 is 15.8 Å². The van der Waals surface area contributed by atoms with E-state index in [1.54, 1.807) is 0 Å². The highest BCUT2D eigenvalue weighted by atomic mass is 32.2. The maximum atomic E-state index is 6.02. The molecule has 1 aliphatic heterocycles. The molecule has 1 fully saturated rings. The predicted molar refractivity (Wildman–Crippen MR) is 84.3 cm³/mol. The summed E-state index contributed by atoms with van der Waals surface area (Å²) in [6.07, 6.45) is 1.54. The monoisotopic (exact) mass is 300 g/mol. The van der Waals surface area contributed by atoms with E-state index in [0.717, 1.165) is 6.54 Å². The number of thioether (sulfide) groups is 2. The zero-order valence-electron chi connectivity index (χ0n) is 11.3. The molecule has 19 heavy (non-hydrogen) atoms. The fourth-order valence-corrected chi connectivity index (χ4v) is 4.31. The lowest BCUT2D eigenvalue weighted by molar-refractivity contribution is 0.234. The lowest BCUT2D eigenvalue weighted by Gasteiger charge is -2.22.